The normalized spacial score (nSPS) is 13.7. The molecule has 0 spiro atoms. The van der Waals surface area contributed by atoms with Crippen molar-refractivity contribution in [2.45, 2.75) is 0 Å². The van der Waals surface area contributed by atoms with Gasteiger partial charge in [0.2, 0.25) is 0 Å². The predicted molar refractivity (Wildman–Crippen MR) is 114 cm³/mol. The average molecular weight is 406 g/mol. The van der Waals surface area contributed by atoms with Crippen LogP contribution in [0, 0.1) is 0 Å². The highest BCUT2D eigenvalue weighted by atomic mass is 16.3. The van der Waals surface area contributed by atoms with Crippen LogP contribution in [0.25, 0.3) is 0 Å². The van der Waals surface area contributed by atoms with Gasteiger partial charge >= 0.3 is 6.03 Å². The molecule has 0 bridgehead atoms. The first-order chi connectivity index (χ1) is 14.6. The SMILES string of the molecule is O=C(Nc1ccc(NC(=O)N2CCN(c3cccc(O)c3)CC2)cc1)c1ccco1. The lowest BCUT2D eigenvalue weighted by Crippen LogP contribution is -2.50. The first-order valence-corrected chi connectivity index (χ1v) is 9.63. The fourth-order valence-electron chi connectivity index (χ4n) is 3.30. The number of hydrogen-bond donors (Lipinski definition) is 3. The highest BCUT2D eigenvalue weighted by molar-refractivity contribution is 6.02. The van der Waals surface area contributed by atoms with Crippen molar-refractivity contribution < 1.29 is 19.1 Å². The molecule has 1 aliphatic heterocycles. The number of urea groups is 1. The highest BCUT2D eigenvalue weighted by Gasteiger charge is 2.21. The zero-order valence-electron chi connectivity index (χ0n) is 16.2. The molecule has 154 valence electrons. The lowest BCUT2D eigenvalue weighted by molar-refractivity contribution is 0.0996. The van der Waals surface area contributed by atoms with Crippen LogP contribution in [0.3, 0.4) is 0 Å². The number of carbonyl (C=O) groups excluding carboxylic acids is 2. The smallest absolute Gasteiger partial charge is 0.321 e. The molecule has 4 rings (SSSR count). The average Bonchev–Trinajstić information content (AvgIpc) is 3.30. The summed E-state index contributed by atoms with van der Waals surface area (Å²) in [7, 11) is 0. The molecular formula is C22H22N4O4. The van der Waals surface area contributed by atoms with Crippen molar-refractivity contribution >= 4 is 29.0 Å². The molecule has 8 heteroatoms. The van der Waals surface area contributed by atoms with Crippen LogP contribution in [0.2, 0.25) is 0 Å². The van der Waals surface area contributed by atoms with Crippen LogP contribution in [-0.2, 0) is 0 Å². The number of amides is 3. The van der Waals surface area contributed by atoms with E-state index in [-0.39, 0.29) is 23.4 Å². The van der Waals surface area contributed by atoms with Gasteiger partial charge in [-0.15, -0.1) is 0 Å². The van der Waals surface area contributed by atoms with E-state index in [9.17, 15) is 14.7 Å². The molecular weight excluding hydrogens is 384 g/mol. The quantitative estimate of drug-likeness (QED) is 0.615. The molecule has 1 aromatic heterocycles. The van der Waals surface area contributed by atoms with Gasteiger partial charge in [0, 0.05) is 49.3 Å². The van der Waals surface area contributed by atoms with E-state index in [2.05, 4.69) is 15.5 Å². The minimum Gasteiger partial charge on any atom is -0.508 e. The van der Waals surface area contributed by atoms with Crippen LogP contribution in [-0.4, -0.2) is 48.1 Å². The van der Waals surface area contributed by atoms with Crippen LogP contribution >= 0.6 is 0 Å². The van der Waals surface area contributed by atoms with Gasteiger partial charge in [0.05, 0.1) is 6.26 Å². The van der Waals surface area contributed by atoms with Crippen molar-refractivity contribution in [3.05, 3.63) is 72.7 Å². The van der Waals surface area contributed by atoms with Gasteiger partial charge in [0.15, 0.2) is 5.76 Å². The number of benzene rings is 2. The Bertz CT molecular complexity index is 1010. The zero-order valence-corrected chi connectivity index (χ0v) is 16.2. The molecule has 1 aliphatic rings. The third-order valence-corrected chi connectivity index (χ3v) is 4.90. The van der Waals surface area contributed by atoms with Crippen molar-refractivity contribution in [3.8, 4) is 5.75 Å². The summed E-state index contributed by atoms with van der Waals surface area (Å²) >= 11 is 0. The summed E-state index contributed by atoms with van der Waals surface area (Å²) < 4.78 is 5.06. The maximum absolute atomic E-state index is 12.6. The second-order valence-electron chi connectivity index (χ2n) is 6.93. The minimum absolute atomic E-state index is 0.169. The van der Waals surface area contributed by atoms with E-state index in [1.165, 1.54) is 6.26 Å². The Hall–Kier alpha value is -3.94. The first-order valence-electron chi connectivity index (χ1n) is 9.63. The van der Waals surface area contributed by atoms with E-state index in [0.717, 1.165) is 5.69 Å². The number of piperazine rings is 1. The number of hydrogen-bond acceptors (Lipinski definition) is 5. The second kappa shape index (κ2) is 8.60. The predicted octanol–water partition coefficient (Wildman–Crippen LogP) is 3.59. The first kappa shape index (κ1) is 19.4. The number of nitrogens with one attached hydrogen (secondary N) is 2. The molecule has 1 saturated heterocycles. The van der Waals surface area contributed by atoms with Gasteiger partial charge in [0.1, 0.15) is 5.75 Å². The standard InChI is InChI=1S/C22H22N4O4/c27-19-4-1-3-18(15-19)25-10-12-26(13-11-25)22(29)24-17-8-6-16(7-9-17)23-21(28)20-5-2-14-30-20/h1-9,14-15,27H,10-13H2,(H,23,28)(H,24,29). The van der Waals surface area contributed by atoms with Gasteiger partial charge in [-0.05, 0) is 48.5 Å². The maximum atomic E-state index is 12.6. The second-order valence-corrected chi connectivity index (χ2v) is 6.93. The topological polar surface area (TPSA) is 98.1 Å². The number of rotatable bonds is 4. The van der Waals surface area contributed by atoms with Crippen molar-refractivity contribution in [2.75, 3.05) is 41.7 Å². The van der Waals surface area contributed by atoms with Crippen LogP contribution in [0.15, 0.2) is 71.3 Å². The molecule has 3 aromatic rings. The molecule has 2 aromatic carbocycles. The van der Waals surface area contributed by atoms with Gasteiger partial charge < -0.3 is 30.0 Å². The highest BCUT2D eigenvalue weighted by Crippen LogP contribution is 2.22. The zero-order chi connectivity index (χ0) is 20.9. The van der Waals surface area contributed by atoms with Gasteiger partial charge in [-0.1, -0.05) is 6.07 Å². The minimum atomic E-state index is -0.332. The number of phenolic OH excluding ortho intramolecular Hbond substituents is 1. The molecule has 8 nitrogen and oxygen atoms in total. The molecule has 30 heavy (non-hydrogen) atoms. The van der Waals surface area contributed by atoms with Crippen molar-refractivity contribution in [2.24, 2.45) is 0 Å². The summed E-state index contributed by atoms with van der Waals surface area (Å²) in [4.78, 5) is 28.4. The van der Waals surface area contributed by atoms with Crippen LogP contribution in [0.4, 0.5) is 21.9 Å². The molecule has 0 saturated carbocycles. The van der Waals surface area contributed by atoms with Gasteiger partial charge in [0.25, 0.3) is 5.91 Å². The van der Waals surface area contributed by atoms with Gasteiger partial charge in [-0.3, -0.25) is 4.79 Å². The molecule has 3 amide bonds. The van der Waals surface area contributed by atoms with Crippen molar-refractivity contribution in [1.82, 2.24) is 4.90 Å². The number of aromatic hydroxyl groups is 1. The summed E-state index contributed by atoms with van der Waals surface area (Å²) in [5.74, 6) is 0.134. The van der Waals surface area contributed by atoms with Crippen LogP contribution in [0.5, 0.6) is 5.75 Å². The molecule has 0 aliphatic carbocycles. The largest absolute Gasteiger partial charge is 0.508 e. The molecule has 0 unspecified atom stereocenters. The lowest BCUT2D eigenvalue weighted by Gasteiger charge is -2.36. The lowest BCUT2D eigenvalue weighted by atomic mass is 10.2. The van der Waals surface area contributed by atoms with E-state index in [0.29, 0.717) is 37.6 Å². The summed E-state index contributed by atoms with van der Waals surface area (Å²) in [6, 6.07) is 17.1. The summed E-state index contributed by atoms with van der Waals surface area (Å²) in [5.41, 5.74) is 2.20. The van der Waals surface area contributed by atoms with Crippen molar-refractivity contribution in [1.29, 1.82) is 0 Å². The number of furan rings is 1. The number of phenols is 1. The Morgan fingerprint density at radius 3 is 2.20 bits per heavy atom. The molecule has 3 N–H and O–H groups in total. The molecule has 0 radical (unpaired) electrons. The monoisotopic (exact) mass is 406 g/mol. The number of nitrogens with zero attached hydrogens (tertiary/aromatic N) is 2. The Morgan fingerprint density at radius 1 is 0.867 bits per heavy atom. The van der Waals surface area contributed by atoms with E-state index in [1.54, 1.807) is 53.4 Å². The fraction of sp³-hybridized carbons (Fsp3) is 0.182. The summed E-state index contributed by atoms with van der Waals surface area (Å²) in [5, 5.41) is 15.2. The maximum Gasteiger partial charge on any atom is 0.321 e. The Morgan fingerprint density at radius 2 is 1.57 bits per heavy atom. The van der Waals surface area contributed by atoms with Crippen molar-refractivity contribution in [3.63, 3.8) is 0 Å². The summed E-state index contributed by atoms with van der Waals surface area (Å²) in [6.07, 6.45) is 1.44. The third kappa shape index (κ3) is 4.54. The Labute approximate surface area is 173 Å². The molecule has 1 fully saturated rings. The number of anilines is 3. The summed E-state index contributed by atoms with van der Waals surface area (Å²) in [6.45, 7) is 2.54. The van der Waals surface area contributed by atoms with E-state index >= 15 is 0 Å². The molecule has 0 atom stereocenters. The van der Waals surface area contributed by atoms with Crippen LogP contribution < -0.4 is 15.5 Å². The fourth-order valence-corrected chi connectivity index (χ4v) is 3.30. The van der Waals surface area contributed by atoms with Gasteiger partial charge in [-0.2, -0.15) is 0 Å². The van der Waals surface area contributed by atoms with E-state index < -0.39 is 0 Å². The van der Waals surface area contributed by atoms with Crippen LogP contribution in [0.1, 0.15) is 10.6 Å². The van der Waals surface area contributed by atoms with E-state index in [1.807, 2.05) is 12.1 Å². The van der Waals surface area contributed by atoms with E-state index in [4.69, 9.17) is 4.42 Å². The van der Waals surface area contributed by atoms with Gasteiger partial charge in [-0.25, -0.2) is 4.79 Å². The Kier molecular flexibility index (Phi) is 5.56. The Balaban J connectivity index is 1.28. The molecule has 2 heterocycles. The number of carbonyl (C=O) groups is 2. The third-order valence-electron chi connectivity index (χ3n) is 4.90.